The molecular weight excluding hydrogens is 199 g/mol. The average Bonchev–Trinajstić information content (AvgIpc) is 1.82. The molecule has 0 saturated heterocycles. The first kappa shape index (κ1) is 9.54. The van der Waals surface area contributed by atoms with Gasteiger partial charge in [-0.2, -0.15) is 4.98 Å². The van der Waals surface area contributed by atoms with Gasteiger partial charge in [0.15, 0.2) is 0 Å². The Bertz CT molecular complexity index is 326. The average molecular weight is 206 g/mol. The van der Waals surface area contributed by atoms with Crippen molar-refractivity contribution in [3.8, 4) is 5.88 Å². The van der Waals surface area contributed by atoms with E-state index in [-0.39, 0.29) is 5.88 Å². The van der Waals surface area contributed by atoms with Crippen LogP contribution in [0.15, 0.2) is 12.3 Å². The molecule has 66 valence electrons. The Morgan fingerprint density at radius 1 is 1.58 bits per heavy atom. The molecule has 12 heavy (non-hydrogen) atoms. The zero-order valence-electron chi connectivity index (χ0n) is 6.21. The van der Waals surface area contributed by atoms with Crippen molar-refractivity contribution in [3.63, 3.8) is 0 Å². The minimum atomic E-state index is -3.66. The van der Waals surface area contributed by atoms with Crippen molar-refractivity contribution >= 4 is 18.5 Å². The van der Waals surface area contributed by atoms with E-state index in [9.17, 15) is 0 Å². The van der Waals surface area contributed by atoms with Crippen LogP contribution in [0.5, 0.6) is 5.88 Å². The molecular formula is C5H7N2O3PS. The van der Waals surface area contributed by atoms with Gasteiger partial charge >= 0.3 is 6.72 Å². The Balaban J connectivity index is 2.84. The van der Waals surface area contributed by atoms with Crippen molar-refractivity contribution in [2.24, 2.45) is 0 Å². The minimum Gasteiger partial charge on any atom is -0.406 e. The third-order valence-electron chi connectivity index (χ3n) is 0.963. The van der Waals surface area contributed by atoms with Crippen LogP contribution in [0.1, 0.15) is 5.82 Å². The van der Waals surface area contributed by atoms with Crippen LogP contribution in [0.2, 0.25) is 0 Å². The van der Waals surface area contributed by atoms with E-state index in [0.717, 1.165) is 0 Å². The maximum absolute atomic E-state index is 8.76. The zero-order chi connectivity index (χ0) is 9.19. The van der Waals surface area contributed by atoms with Crippen LogP contribution in [-0.4, -0.2) is 19.8 Å². The van der Waals surface area contributed by atoms with Gasteiger partial charge in [0.25, 0.3) is 0 Å². The highest BCUT2D eigenvalue weighted by Gasteiger charge is 2.10. The van der Waals surface area contributed by atoms with Gasteiger partial charge in [0.05, 0.1) is 0 Å². The van der Waals surface area contributed by atoms with E-state index < -0.39 is 6.72 Å². The topological polar surface area (TPSA) is 75.5 Å². The summed E-state index contributed by atoms with van der Waals surface area (Å²) in [4.78, 5) is 25.1. The van der Waals surface area contributed by atoms with Crippen LogP contribution in [0, 0.1) is 6.92 Å². The van der Waals surface area contributed by atoms with Gasteiger partial charge in [0.2, 0.25) is 5.88 Å². The molecule has 0 aliphatic carbocycles. The first-order valence-corrected chi connectivity index (χ1v) is 5.65. The number of rotatable bonds is 2. The van der Waals surface area contributed by atoms with Crippen LogP contribution in [-0.2, 0) is 11.8 Å². The third kappa shape index (κ3) is 3.23. The molecule has 7 heteroatoms. The van der Waals surface area contributed by atoms with E-state index in [1.165, 1.54) is 12.3 Å². The molecule has 0 aliphatic rings. The van der Waals surface area contributed by atoms with Crippen molar-refractivity contribution in [3.05, 3.63) is 18.1 Å². The summed E-state index contributed by atoms with van der Waals surface area (Å²) >= 11 is 4.25. The lowest BCUT2D eigenvalue weighted by Crippen LogP contribution is -1.94. The summed E-state index contributed by atoms with van der Waals surface area (Å²) in [6.07, 6.45) is 1.45. The molecule has 0 aliphatic heterocycles. The predicted octanol–water partition coefficient (Wildman–Crippen LogP) is 0.373. The molecule has 0 bridgehead atoms. The van der Waals surface area contributed by atoms with Crippen molar-refractivity contribution < 1.29 is 14.3 Å². The zero-order valence-corrected chi connectivity index (χ0v) is 7.92. The lowest BCUT2D eigenvalue weighted by Gasteiger charge is -2.07. The lowest BCUT2D eigenvalue weighted by molar-refractivity contribution is 0.364. The van der Waals surface area contributed by atoms with Crippen molar-refractivity contribution in [2.45, 2.75) is 6.92 Å². The largest absolute Gasteiger partial charge is 0.406 e. The van der Waals surface area contributed by atoms with Crippen LogP contribution in [0.25, 0.3) is 0 Å². The Labute approximate surface area is 74.3 Å². The first-order chi connectivity index (χ1) is 5.47. The van der Waals surface area contributed by atoms with E-state index in [2.05, 4.69) is 26.3 Å². The molecule has 0 fully saturated rings. The Kier molecular flexibility index (Phi) is 2.74. The van der Waals surface area contributed by atoms with Gasteiger partial charge in [0.1, 0.15) is 5.82 Å². The van der Waals surface area contributed by atoms with E-state index in [0.29, 0.717) is 5.82 Å². The van der Waals surface area contributed by atoms with Gasteiger partial charge in [-0.15, -0.1) is 0 Å². The van der Waals surface area contributed by atoms with Crippen LogP contribution < -0.4 is 4.52 Å². The fourth-order valence-corrected chi connectivity index (χ4v) is 1.18. The standard InChI is InChI=1S/C5H7N2O3PS/c1-4-6-3-2-5(7-4)10-11(8,9)12/h2-3H,1H3,(H2,8,9,12). The molecule has 1 aromatic rings. The Hall–Kier alpha value is -0.550. The Morgan fingerprint density at radius 3 is 2.75 bits per heavy atom. The summed E-state index contributed by atoms with van der Waals surface area (Å²) < 4.78 is 4.57. The maximum Gasteiger partial charge on any atom is 0.376 e. The number of aryl methyl sites for hydroxylation is 1. The summed E-state index contributed by atoms with van der Waals surface area (Å²) in [7, 11) is 0. The first-order valence-electron chi connectivity index (χ1n) is 3.02. The number of nitrogens with zero attached hydrogens (tertiary/aromatic N) is 2. The normalized spacial score (nSPS) is 11.2. The molecule has 2 N–H and O–H groups in total. The van der Waals surface area contributed by atoms with Crippen molar-refractivity contribution in [1.82, 2.24) is 9.97 Å². The monoisotopic (exact) mass is 206 g/mol. The smallest absolute Gasteiger partial charge is 0.376 e. The quantitative estimate of drug-likeness (QED) is 0.681. The number of hydrogen-bond acceptors (Lipinski definition) is 4. The van der Waals surface area contributed by atoms with Gasteiger partial charge in [-0.05, 0) is 6.92 Å². The SMILES string of the molecule is Cc1nccc(OP(O)(O)=S)n1. The van der Waals surface area contributed by atoms with Crippen molar-refractivity contribution in [2.75, 3.05) is 0 Å². The molecule has 0 aromatic carbocycles. The number of hydrogen-bond donors (Lipinski definition) is 2. The molecule has 5 nitrogen and oxygen atoms in total. The molecule has 0 amide bonds. The van der Waals surface area contributed by atoms with Crippen molar-refractivity contribution in [1.29, 1.82) is 0 Å². The maximum atomic E-state index is 8.76. The van der Waals surface area contributed by atoms with Gasteiger partial charge in [-0.3, -0.25) is 0 Å². The highest BCUT2D eigenvalue weighted by atomic mass is 32.5. The van der Waals surface area contributed by atoms with Crippen LogP contribution >= 0.6 is 6.72 Å². The highest BCUT2D eigenvalue weighted by Crippen LogP contribution is 2.36. The lowest BCUT2D eigenvalue weighted by atomic mass is 10.6. The Morgan fingerprint density at radius 2 is 2.25 bits per heavy atom. The van der Waals surface area contributed by atoms with Gasteiger partial charge < -0.3 is 14.3 Å². The van der Waals surface area contributed by atoms with Gasteiger partial charge in [0, 0.05) is 24.1 Å². The van der Waals surface area contributed by atoms with E-state index >= 15 is 0 Å². The molecule has 1 aromatic heterocycles. The summed E-state index contributed by atoms with van der Waals surface area (Å²) in [6, 6.07) is 1.40. The van der Waals surface area contributed by atoms with Gasteiger partial charge in [-0.25, -0.2) is 4.98 Å². The molecule has 0 atom stereocenters. The van der Waals surface area contributed by atoms with E-state index in [4.69, 9.17) is 9.79 Å². The predicted molar refractivity (Wildman–Crippen MR) is 46.1 cm³/mol. The van der Waals surface area contributed by atoms with Crippen LogP contribution in [0.3, 0.4) is 0 Å². The summed E-state index contributed by atoms with van der Waals surface area (Å²) in [5, 5.41) is 0. The van der Waals surface area contributed by atoms with Gasteiger partial charge in [-0.1, -0.05) is 0 Å². The molecule has 1 rings (SSSR count). The summed E-state index contributed by atoms with van der Waals surface area (Å²) in [6.45, 7) is -2.01. The van der Waals surface area contributed by atoms with E-state index in [1.54, 1.807) is 6.92 Å². The number of aromatic nitrogens is 2. The van der Waals surface area contributed by atoms with Crippen LogP contribution in [0.4, 0.5) is 0 Å². The third-order valence-corrected chi connectivity index (χ3v) is 1.61. The molecule has 1 heterocycles. The second kappa shape index (κ2) is 3.45. The summed E-state index contributed by atoms with van der Waals surface area (Å²) in [5.41, 5.74) is 0. The molecule has 0 unspecified atom stereocenters. The second-order valence-electron chi connectivity index (χ2n) is 2.02. The fraction of sp³-hybridized carbons (Fsp3) is 0.200. The summed E-state index contributed by atoms with van der Waals surface area (Å²) in [5.74, 6) is 0.562. The second-order valence-corrected chi connectivity index (χ2v) is 4.61. The molecule has 0 spiro atoms. The molecule has 0 saturated carbocycles. The highest BCUT2D eigenvalue weighted by molar-refractivity contribution is 8.06. The van der Waals surface area contributed by atoms with E-state index in [1.807, 2.05) is 0 Å². The fourth-order valence-electron chi connectivity index (χ4n) is 0.607. The minimum absolute atomic E-state index is 0.0795. The molecule has 0 radical (unpaired) electrons.